The van der Waals surface area contributed by atoms with Gasteiger partial charge in [-0.2, -0.15) is 5.10 Å². The van der Waals surface area contributed by atoms with Crippen LogP contribution in [0, 0.1) is 5.92 Å². The second kappa shape index (κ2) is 7.78. The van der Waals surface area contributed by atoms with Crippen LogP contribution >= 0.6 is 0 Å². The number of anilines is 1. The molecule has 1 aliphatic carbocycles. The molecule has 0 bridgehead atoms. The molecule has 5 rings (SSSR count). The average Bonchev–Trinajstić information content (AvgIpc) is 3.38. The van der Waals surface area contributed by atoms with Gasteiger partial charge < -0.3 is 10.5 Å². The standard InChI is InChI=1S/C24H25N5O/c1-16-10-11-19(12-16)24-28-21(22-23(25)26-15-27-29(22)24)18-8-5-9-20(13-18)30-14-17-6-3-2-4-7-17/h2-9,13,15-16,19H,10-12,14H2,1H3,(H2,25,26,27). The summed E-state index contributed by atoms with van der Waals surface area (Å²) in [4.78, 5) is 9.24. The molecular weight excluding hydrogens is 374 g/mol. The van der Waals surface area contributed by atoms with Gasteiger partial charge in [-0.1, -0.05) is 49.4 Å². The van der Waals surface area contributed by atoms with Crippen molar-refractivity contribution >= 4 is 11.3 Å². The third kappa shape index (κ3) is 3.49. The number of aromatic nitrogens is 4. The predicted molar refractivity (Wildman–Crippen MR) is 117 cm³/mol. The Morgan fingerprint density at radius 3 is 2.77 bits per heavy atom. The van der Waals surface area contributed by atoms with Crippen molar-refractivity contribution in [2.75, 3.05) is 5.73 Å². The highest BCUT2D eigenvalue weighted by Crippen LogP contribution is 2.40. The molecule has 0 aliphatic heterocycles. The first-order chi connectivity index (χ1) is 14.7. The summed E-state index contributed by atoms with van der Waals surface area (Å²) in [5.74, 6) is 3.33. The lowest BCUT2D eigenvalue weighted by molar-refractivity contribution is 0.306. The highest BCUT2D eigenvalue weighted by Gasteiger charge is 2.29. The molecule has 152 valence electrons. The molecule has 1 saturated carbocycles. The van der Waals surface area contributed by atoms with Crippen molar-refractivity contribution in [2.24, 2.45) is 5.92 Å². The first-order valence-corrected chi connectivity index (χ1v) is 10.5. The maximum Gasteiger partial charge on any atom is 0.153 e. The molecule has 1 aliphatic rings. The molecule has 2 N–H and O–H groups in total. The number of nitrogen functional groups attached to an aromatic ring is 1. The van der Waals surface area contributed by atoms with Crippen molar-refractivity contribution < 1.29 is 4.74 Å². The van der Waals surface area contributed by atoms with Crippen LogP contribution in [0.15, 0.2) is 60.9 Å². The van der Waals surface area contributed by atoms with Crippen LogP contribution in [0.25, 0.3) is 16.8 Å². The number of hydrogen-bond acceptors (Lipinski definition) is 5. The smallest absolute Gasteiger partial charge is 0.153 e. The molecule has 30 heavy (non-hydrogen) atoms. The van der Waals surface area contributed by atoms with Crippen LogP contribution in [0.1, 0.15) is 43.5 Å². The topological polar surface area (TPSA) is 78.3 Å². The fourth-order valence-corrected chi connectivity index (χ4v) is 4.36. The van der Waals surface area contributed by atoms with Crippen molar-refractivity contribution in [3.8, 4) is 17.0 Å². The van der Waals surface area contributed by atoms with Gasteiger partial charge in [0.25, 0.3) is 0 Å². The van der Waals surface area contributed by atoms with Gasteiger partial charge in [0.15, 0.2) is 5.82 Å². The van der Waals surface area contributed by atoms with E-state index in [1.165, 1.54) is 12.7 Å². The summed E-state index contributed by atoms with van der Waals surface area (Å²) in [6, 6.07) is 18.1. The minimum atomic E-state index is 0.396. The number of nitrogens with zero attached hydrogens (tertiary/aromatic N) is 4. The van der Waals surface area contributed by atoms with Crippen LogP contribution in [0.4, 0.5) is 5.82 Å². The van der Waals surface area contributed by atoms with Crippen LogP contribution in [-0.2, 0) is 6.61 Å². The Morgan fingerprint density at radius 1 is 1.10 bits per heavy atom. The van der Waals surface area contributed by atoms with Crippen LogP contribution in [0.5, 0.6) is 5.75 Å². The van der Waals surface area contributed by atoms with E-state index in [0.29, 0.717) is 24.3 Å². The van der Waals surface area contributed by atoms with Gasteiger partial charge in [-0.3, -0.25) is 0 Å². The maximum absolute atomic E-state index is 6.26. The molecular formula is C24H25N5O. The van der Waals surface area contributed by atoms with E-state index in [4.69, 9.17) is 15.5 Å². The van der Waals surface area contributed by atoms with Gasteiger partial charge in [0.2, 0.25) is 0 Å². The highest BCUT2D eigenvalue weighted by atomic mass is 16.5. The first kappa shape index (κ1) is 18.6. The van der Waals surface area contributed by atoms with Crippen LogP contribution < -0.4 is 10.5 Å². The van der Waals surface area contributed by atoms with Crippen LogP contribution in [0.2, 0.25) is 0 Å². The number of benzene rings is 2. The Bertz CT molecular complexity index is 1170. The number of imidazole rings is 1. The van der Waals surface area contributed by atoms with Gasteiger partial charge >= 0.3 is 0 Å². The third-order valence-electron chi connectivity index (χ3n) is 5.90. The van der Waals surface area contributed by atoms with Gasteiger partial charge in [-0.15, -0.1) is 0 Å². The second-order valence-electron chi connectivity index (χ2n) is 8.14. The monoisotopic (exact) mass is 399 g/mol. The van der Waals surface area contributed by atoms with E-state index in [-0.39, 0.29) is 0 Å². The Morgan fingerprint density at radius 2 is 1.97 bits per heavy atom. The third-order valence-corrected chi connectivity index (χ3v) is 5.90. The summed E-state index contributed by atoms with van der Waals surface area (Å²) in [5, 5.41) is 4.49. The molecule has 2 aromatic heterocycles. The second-order valence-corrected chi connectivity index (χ2v) is 8.14. The van der Waals surface area contributed by atoms with Crippen molar-refractivity contribution in [2.45, 2.75) is 38.7 Å². The van der Waals surface area contributed by atoms with Crippen molar-refractivity contribution in [3.05, 3.63) is 72.3 Å². The lowest BCUT2D eigenvalue weighted by Gasteiger charge is -2.08. The Labute approximate surface area is 175 Å². The van der Waals surface area contributed by atoms with Gasteiger partial charge in [-0.25, -0.2) is 14.5 Å². The number of hydrogen-bond donors (Lipinski definition) is 1. The average molecular weight is 399 g/mol. The zero-order valence-electron chi connectivity index (χ0n) is 17.0. The summed E-state index contributed by atoms with van der Waals surface area (Å²) < 4.78 is 7.91. The Balaban J connectivity index is 1.51. The molecule has 4 aromatic rings. The molecule has 2 atom stereocenters. The Kier molecular flexibility index (Phi) is 4.83. The minimum absolute atomic E-state index is 0.396. The van der Waals surface area contributed by atoms with E-state index >= 15 is 0 Å². The molecule has 0 spiro atoms. The SMILES string of the molecule is CC1CCC(c2nc(-c3cccc(OCc4ccccc4)c3)c3c(N)ncnn23)C1. The molecule has 0 amide bonds. The molecule has 0 radical (unpaired) electrons. The first-order valence-electron chi connectivity index (χ1n) is 10.5. The van der Waals surface area contributed by atoms with Gasteiger partial charge in [-0.05, 0) is 42.9 Å². The fourth-order valence-electron chi connectivity index (χ4n) is 4.36. The maximum atomic E-state index is 6.26. The number of fused-ring (bicyclic) bond motifs is 1. The van der Waals surface area contributed by atoms with Gasteiger partial charge in [0.05, 0.1) is 0 Å². The van der Waals surface area contributed by atoms with Gasteiger partial charge in [0, 0.05) is 11.5 Å². The lowest BCUT2D eigenvalue weighted by Crippen LogP contribution is -2.05. The van der Waals surface area contributed by atoms with Crippen molar-refractivity contribution in [1.82, 2.24) is 19.6 Å². The normalized spacial score (nSPS) is 18.7. The summed E-state index contributed by atoms with van der Waals surface area (Å²) in [6.45, 7) is 2.82. The van der Waals surface area contributed by atoms with Crippen LogP contribution in [-0.4, -0.2) is 19.6 Å². The summed E-state index contributed by atoms with van der Waals surface area (Å²) in [7, 11) is 0. The number of ether oxygens (including phenoxy) is 1. The molecule has 6 heteroatoms. The quantitative estimate of drug-likeness (QED) is 0.519. The number of nitrogens with two attached hydrogens (primary N) is 1. The van der Waals surface area contributed by atoms with E-state index in [2.05, 4.69) is 29.1 Å². The van der Waals surface area contributed by atoms with Crippen LogP contribution in [0.3, 0.4) is 0 Å². The van der Waals surface area contributed by atoms with E-state index in [1.54, 1.807) is 0 Å². The zero-order valence-corrected chi connectivity index (χ0v) is 17.0. The molecule has 1 fully saturated rings. The van der Waals surface area contributed by atoms with E-state index in [1.807, 2.05) is 47.0 Å². The van der Waals surface area contributed by atoms with Crippen molar-refractivity contribution in [1.29, 1.82) is 0 Å². The van der Waals surface area contributed by atoms with Gasteiger partial charge in [0.1, 0.15) is 35.7 Å². The zero-order chi connectivity index (χ0) is 20.5. The highest BCUT2D eigenvalue weighted by molar-refractivity contribution is 5.85. The fraction of sp³-hybridized carbons (Fsp3) is 0.292. The number of rotatable bonds is 5. The molecule has 0 saturated heterocycles. The lowest BCUT2D eigenvalue weighted by atomic mass is 10.1. The van der Waals surface area contributed by atoms with E-state index in [0.717, 1.165) is 46.8 Å². The molecule has 2 aromatic carbocycles. The summed E-state index contributed by atoms with van der Waals surface area (Å²) in [5.41, 5.74) is 9.93. The molecule has 2 unspecified atom stereocenters. The van der Waals surface area contributed by atoms with Crippen molar-refractivity contribution in [3.63, 3.8) is 0 Å². The van der Waals surface area contributed by atoms with E-state index in [9.17, 15) is 0 Å². The minimum Gasteiger partial charge on any atom is -0.489 e. The molecule has 6 nitrogen and oxygen atoms in total. The largest absolute Gasteiger partial charge is 0.489 e. The van der Waals surface area contributed by atoms with E-state index < -0.39 is 0 Å². The Hall–Kier alpha value is -3.41. The summed E-state index contributed by atoms with van der Waals surface area (Å²) in [6.07, 6.45) is 4.99. The predicted octanol–water partition coefficient (Wildman–Crippen LogP) is 4.86. The summed E-state index contributed by atoms with van der Waals surface area (Å²) >= 11 is 0. The molecule has 2 heterocycles.